The zero-order valence-electron chi connectivity index (χ0n) is 12.7. The molecule has 1 saturated carbocycles. The van der Waals surface area contributed by atoms with Gasteiger partial charge in [-0.2, -0.15) is 0 Å². The third-order valence-electron chi connectivity index (χ3n) is 5.04. The lowest BCUT2D eigenvalue weighted by molar-refractivity contribution is -0.146. The predicted molar refractivity (Wildman–Crippen MR) is 77.0 cm³/mol. The molecule has 2 aliphatic carbocycles. The molecular formula is C17H20O4. The summed E-state index contributed by atoms with van der Waals surface area (Å²) in [6.45, 7) is 9.58. The van der Waals surface area contributed by atoms with Crippen molar-refractivity contribution in [2.24, 2.45) is 11.3 Å². The fourth-order valence-electron chi connectivity index (χ4n) is 3.74. The van der Waals surface area contributed by atoms with E-state index in [-0.39, 0.29) is 29.4 Å². The first-order chi connectivity index (χ1) is 9.82. The summed E-state index contributed by atoms with van der Waals surface area (Å²) in [4.78, 5) is 23.0. The summed E-state index contributed by atoms with van der Waals surface area (Å²) in [6, 6.07) is 0. The van der Waals surface area contributed by atoms with Crippen LogP contribution >= 0.6 is 0 Å². The molecule has 4 heteroatoms. The highest BCUT2D eigenvalue weighted by Gasteiger charge is 2.47. The number of esters is 2. The van der Waals surface area contributed by atoms with E-state index in [9.17, 15) is 9.59 Å². The minimum atomic E-state index is -0.272. The monoisotopic (exact) mass is 288 g/mol. The fourth-order valence-corrected chi connectivity index (χ4v) is 3.74. The van der Waals surface area contributed by atoms with Gasteiger partial charge in [-0.05, 0) is 49.2 Å². The predicted octanol–water partition coefficient (Wildman–Crippen LogP) is 3.05. The van der Waals surface area contributed by atoms with Gasteiger partial charge in [0.2, 0.25) is 0 Å². The smallest absolute Gasteiger partial charge is 0.339 e. The van der Waals surface area contributed by atoms with Crippen molar-refractivity contribution >= 4 is 11.9 Å². The Labute approximate surface area is 124 Å². The maximum Gasteiger partial charge on any atom is 0.339 e. The molecule has 1 heterocycles. The number of carbonyl (C=O) groups is 2. The van der Waals surface area contributed by atoms with Crippen LogP contribution in [0.1, 0.15) is 40.0 Å². The first-order valence-corrected chi connectivity index (χ1v) is 7.33. The summed E-state index contributed by atoms with van der Waals surface area (Å²) in [6.07, 6.45) is 4.24. The van der Waals surface area contributed by atoms with Crippen molar-refractivity contribution in [2.45, 2.75) is 46.1 Å². The summed E-state index contributed by atoms with van der Waals surface area (Å²) in [7, 11) is 0. The van der Waals surface area contributed by atoms with Crippen LogP contribution < -0.4 is 0 Å². The van der Waals surface area contributed by atoms with Gasteiger partial charge in [-0.1, -0.05) is 13.5 Å². The van der Waals surface area contributed by atoms with Gasteiger partial charge in [0, 0.05) is 18.1 Å². The minimum absolute atomic E-state index is 0.0858. The fraction of sp³-hybridized carbons (Fsp3) is 0.529. The van der Waals surface area contributed by atoms with Crippen LogP contribution in [0.3, 0.4) is 0 Å². The van der Waals surface area contributed by atoms with Gasteiger partial charge in [0.05, 0.1) is 0 Å². The Kier molecular flexibility index (Phi) is 3.08. The van der Waals surface area contributed by atoms with Gasteiger partial charge in [-0.25, -0.2) is 4.79 Å². The van der Waals surface area contributed by atoms with Crippen LogP contribution in [0.2, 0.25) is 0 Å². The maximum atomic E-state index is 11.7. The van der Waals surface area contributed by atoms with E-state index in [1.165, 1.54) is 6.92 Å². The quantitative estimate of drug-likeness (QED) is 0.549. The van der Waals surface area contributed by atoms with Crippen molar-refractivity contribution in [1.82, 2.24) is 0 Å². The molecule has 0 aromatic heterocycles. The van der Waals surface area contributed by atoms with Gasteiger partial charge in [0.25, 0.3) is 0 Å². The SMILES string of the molecule is C=C1[C@@H](OC(C)=O)CC[C@]2(C)C=C3OC(=O)C(C)=C3C[C@H]12. The second-order valence-electron chi connectivity index (χ2n) is 6.48. The number of fused-ring (bicyclic) bond motifs is 2. The highest BCUT2D eigenvalue weighted by Crippen LogP contribution is 2.54. The molecule has 112 valence electrons. The van der Waals surface area contributed by atoms with E-state index in [2.05, 4.69) is 19.6 Å². The molecule has 0 N–H and O–H groups in total. The van der Waals surface area contributed by atoms with E-state index >= 15 is 0 Å². The Morgan fingerprint density at radius 2 is 2.24 bits per heavy atom. The standard InChI is InChI=1S/C17H20O4/c1-9-12-7-13-10(2)14(20-11(3)18)5-6-17(13,4)8-15(12)21-16(9)19/h8,13-14H,2,5-7H2,1,3-4H3/t13-,14+,17-/m1/s1. The van der Waals surface area contributed by atoms with E-state index in [0.717, 1.165) is 36.2 Å². The number of allylic oxidation sites excluding steroid dienone is 2. The van der Waals surface area contributed by atoms with Gasteiger partial charge in [-0.3, -0.25) is 4.79 Å². The number of ether oxygens (including phenoxy) is 2. The molecular weight excluding hydrogens is 268 g/mol. The van der Waals surface area contributed by atoms with Gasteiger partial charge >= 0.3 is 11.9 Å². The van der Waals surface area contributed by atoms with Gasteiger partial charge in [-0.15, -0.1) is 0 Å². The zero-order chi connectivity index (χ0) is 15.4. The van der Waals surface area contributed by atoms with Crippen LogP contribution in [0.15, 0.2) is 35.1 Å². The lowest BCUT2D eigenvalue weighted by Gasteiger charge is -2.46. The van der Waals surface area contributed by atoms with Crippen molar-refractivity contribution in [3.8, 4) is 0 Å². The van der Waals surface area contributed by atoms with Crippen molar-refractivity contribution in [1.29, 1.82) is 0 Å². The summed E-state index contributed by atoms with van der Waals surface area (Å²) >= 11 is 0. The van der Waals surface area contributed by atoms with Crippen LogP contribution in [0.25, 0.3) is 0 Å². The molecule has 0 aromatic carbocycles. The third-order valence-corrected chi connectivity index (χ3v) is 5.04. The van der Waals surface area contributed by atoms with E-state index in [1.54, 1.807) is 6.92 Å². The first kappa shape index (κ1) is 14.1. The second-order valence-corrected chi connectivity index (χ2v) is 6.48. The Morgan fingerprint density at radius 1 is 1.52 bits per heavy atom. The number of carbonyl (C=O) groups excluding carboxylic acids is 2. The van der Waals surface area contributed by atoms with Gasteiger partial charge < -0.3 is 9.47 Å². The Bertz CT molecular complexity index is 610. The molecule has 3 aliphatic rings. The molecule has 0 spiro atoms. The largest absolute Gasteiger partial charge is 0.458 e. The first-order valence-electron chi connectivity index (χ1n) is 7.33. The lowest BCUT2D eigenvalue weighted by Crippen LogP contribution is -2.41. The zero-order valence-corrected chi connectivity index (χ0v) is 12.7. The molecule has 21 heavy (non-hydrogen) atoms. The third kappa shape index (κ3) is 2.13. The molecule has 0 unspecified atom stereocenters. The normalized spacial score (nSPS) is 34.9. The average molecular weight is 288 g/mol. The molecule has 0 amide bonds. The molecule has 0 aromatic rings. The summed E-state index contributed by atoms with van der Waals surface area (Å²) < 4.78 is 10.7. The molecule has 0 saturated heterocycles. The minimum Gasteiger partial charge on any atom is -0.458 e. The van der Waals surface area contributed by atoms with Crippen molar-refractivity contribution < 1.29 is 19.1 Å². The Balaban J connectivity index is 1.95. The lowest BCUT2D eigenvalue weighted by atomic mass is 9.60. The average Bonchev–Trinajstić information content (AvgIpc) is 2.66. The molecule has 0 bridgehead atoms. The van der Waals surface area contributed by atoms with Crippen molar-refractivity contribution in [3.63, 3.8) is 0 Å². The van der Waals surface area contributed by atoms with E-state index in [0.29, 0.717) is 5.57 Å². The van der Waals surface area contributed by atoms with E-state index in [4.69, 9.17) is 9.47 Å². The highest BCUT2D eigenvalue weighted by atomic mass is 16.5. The maximum absolute atomic E-state index is 11.7. The number of hydrogen-bond donors (Lipinski definition) is 0. The van der Waals surface area contributed by atoms with Crippen LogP contribution in [-0.4, -0.2) is 18.0 Å². The van der Waals surface area contributed by atoms with Crippen LogP contribution in [0.4, 0.5) is 0 Å². The Hall–Kier alpha value is -1.84. The topological polar surface area (TPSA) is 52.6 Å². The van der Waals surface area contributed by atoms with E-state index < -0.39 is 0 Å². The molecule has 4 nitrogen and oxygen atoms in total. The molecule has 3 atom stereocenters. The molecule has 1 aliphatic heterocycles. The Morgan fingerprint density at radius 3 is 2.90 bits per heavy atom. The number of rotatable bonds is 1. The molecule has 3 rings (SSSR count). The van der Waals surface area contributed by atoms with Crippen LogP contribution in [0.5, 0.6) is 0 Å². The van der Waals surface area contributed by atoms with Gasteiger partial charge in [0.1, 0.15) is 11.9 Å². The molecule has 0 radical (unpaired) electrons. The summed E-state index contributed by atoms with van der Waals surface area (Å²) in [5.41, 5.74) is 2.53. The van der Waals surface area contributed by atoms with E-state index in [1.807, 2.05) is 0 Å². The summed E-state index contributed by atoms with van der Waals surface area (Å²) in [5, 5.41) is 0. The van der Waals surface area contributed by atoms with Crippen LogP contribution in [-0.2, 0) is 19.1 Å². The summed E-state index contributed by atoms with van der Waals surface area (Å²) in [5.74, 6) is 0.376. The molecule has 1 fully saturated rings. The highest BCUT2D eigenvalue weighted by molar-refractivity contribution is 5.94. The van der Waals surface area contributed by atoms with Crippen molar-refractivity contribution in [3.05, 3.63) is 35.1 Å². The number of hydrogen-bond acceptors (Lipinski definition) is 4. The van der Waals surface area contributed by atoms with Crippen LogP contribution in [0, 0.1) is 11.3 Å². The van der Waals surface area contributed by atoms with Gasteiger partial charge in [0.15, 0.2) is 0 Å². The van der Waals surface area contributed by atoms with Crippen molar-refractivity contribution in [2.75, 3.05) is 0 Å². The second kappa shape index (κ2) is 4.58.